The van der Waals surface area contributed by atoms with E-state index in [0.29, 0.717) is 0 Å². The maximum absolute atomic E-state index is 6.33. The van der Waals surface area contributed by atoms with E-state index in [1.165, 1.54) is 30.5 Å². The molecule has 0 aromatic heterocycles. The topological polar surface area (TPSA) is 29.3 Å². The Bertz CT molecular complexity index is 358. The van der Waals surface area contributed by atoms with Gasteiger partial charge < -0.3 is 10.6 Å². The molecule has 1 aromatic rings. The number of aryl methyl sites for hydroxylation is 1. The molecule has 1 fully saturated rings. The number of hydrogen-bond donors (Lipinski definition) is 1. The molecule has 1 atom stereocenters. The predicted molar refractivity (Wildman–Crippen MR) is 72.9 cm³/mol. The van der Waals surface area contributed by atoms with Gasteiger partial charge in [0.2, 0.25) is 0 Å². The number of nitrogens with zero attached hydrogens (tertiary/aromatic N) is 1. The SMILES string of the molecule is CCN(CC1CC1)CC(N)c1ccccc1C. The smallest absolute Gasteiger partial charge is 0.0426 e. The fourth-order valence-corrected chi connectivity index (χ4v) is 2.38. The number of rotatable bonds is 6. The quantitative estimate of drug-likeness (QED) is 0.817. The van der Waals surface area contributed by atoms with Gasteiger partial charge in [-0.2, -0.15) is 0 Å². The maximum atomic E-state index is 6.33. The molecule has 0 aliphatic heterocycles. The van der Waals surface area contributed by atoms with Gasteiger partial charge in [0.05, 0.1) is 0 Å². The molecule has 0 amide bonds. The van der Waals surface area contributed by atoms with E-state index in [4.69, 9.17) is 5.73 Å². The van der Waals surface area contributed by atoms with Gasteiger partial charge in [-0.25, -0.2) is 0 Å². The summed E-state index contributed by atoms with van der Waals surface area (Å²) in [5, 5.41) is 0. The van der Waals surface area contributed by atoms with Gasteiger partial charge in [-0.3, -0.25) is 0 Å². The van der Waals surface area contributed by atoms with Crippen molar-refractivity contribution in [3.63, 3.8) is 0 Å². The standard InChI is InChI=1S/C15H24N2/c1-3-17(10-13-8-9-13)11-15(16)14-7-5-4-6-12(14)2/h4-7,13,15H,3,8-11,16H2,1-2H3. The Labute approximate surface area is 105 Å². The lowest BCUT2D eigenvalue weighted by Gasteiger charge is -2.25. The van der Waals surface area contributed by atoms with Crippen LogP contribution in [0, 0.1) is 12.8 Å². The van der Waals surface area contributed by atoms with Crippen LogP contribution in [0.2, 0.25) is 0 Å². The minimum atomic E-state index is 0.148. The van der Waals surface area contributed by atoms with Gasteiger partial charge in [0.25, 0.3) is 0 Å². The van der Waals surface area contributed by atoms with Crippen molar-refractivity contribution in [3.05, 3.63) is 35.4 Å². The van der Waals surface area contributed by atoms with Gasteiger partial charge in [0.1, 0.15) is 0 Å². The molecule has 0 heterocycles. The summed E-state index contributed by atoms with van der Waals surface area (Å²) in [5.41, 5.74) is 8.93. The molecular formula is C15H24N2. The van der Waals surface area contributed by atoms with Crippen molar-refractivity contribution in [2.75, 3.05) is 19.6 Å². The van der Waals surface area contributed by atoms with E-state index in [9.17, 15) is 0 Å². The van der Waals surface area contributed by atoms with Gasteiger partial charge in [-0.1, -0.05) is 31.2 Å². The fraction of sp³-hybridized carbons (Fsp3) is 0.600. The molecule has 2 heteroatoms. The lowest BCUT2D eigenvalue weighted by molar-refractivity contribution is 0.260. The summed E-state index contributed by atoms with van der Waals surface area (Å²) in [4.78, 5) is 2.49. The second-order valence-electron chi connectivity index (χ2n) is 5.26. The van der Waals surface area contributed by atoms with Crippen LogP contribution in [-0.4, -0.2) is 24.5 Å². The van der Waals surface area contributed by atoms with Crippen LogP contribution < -0.4 is 5.73 Å². The van der Waals surface area contributed by atoms with E-state index in [1.54, 1.807) is 0 Å². The summed E-state index contributed by atoms with van der Waals surface area (Å²) in [6.07, 6.45) is 2.83. The van der Waals surface area contributed by atoms with Crippen LogP contribution in [0.25, 0.3) is 0 Å². The molecule has 1 aliphatic carbocycles. The van der Waals surface area contributed by atoms with Crippen LogP contribution in [0.5, 0.6) is 0 Å². The summed E-state index contributed by atoms with van der Waals surface area (Å²) in [5.74, 6) is 0.944. The highest BCUT2D eigenvalue weighted by Crippen LogP contribution is 2.30. The zero-order chi connectivity index (χ0) is 12.3. The normalized spacial score (nSPS) is 17.4. The molecule has 1 saturated carbocycles. The van der Waals surface area contributed by atoms with Crippen LogP contribution in [-0.2, 0) is 0 Å². The van der Waals surface area contributed by atoms with Gasteiger partial charge in [0, 0.05) is 19.1 Å². The average molecular weight is 232 g/mol. The predicted octanol–water partition coefficient (Wildman–Crippen LogP) is 2.73. The molecule has 1 aromatic carbocycles. The first-order chi connectivity index (χ1) is 8.20. The van der Waals surface area contributed by atoms with E-state index >= 15 is 0 Å². The zero-order valence-electron chi connectivity index (χ0n) is 11.0. The third kappa shape index (κ3) is 3.55. The van der Waals surface area contributed by atoms with Crippen LogP contribution in [0.3, 0.4) is 0 Å². The maximum Gasteiger partial charge on any atom is 0.0426 e. The summed E-state index contributed by atoms with van der Waals surface area (Å²) in [7, 11) is 0. The van der Waals surface area contributed by atoms with Gasteiger partial charge in [0.15, 0.2) is 0 Å². The molecule has 2 nitrogen and oxygen atoms in total. The number of hydrogen-bond acceptors (Lipinski definition) is 2. The molecule has 2 rings (SSSR count). The Hall–Kier alpha value is -0.860. The Kier molecular flexibility index (Phi) is 4.19. The zero-order valence-corrected chi connectivity index (χ0v) is 11.0. The summed E-state index contributed by atoms with van der Waals surface area (Å²) < 4.78 is 0. The van der Waals surface area contributed by atoms with Crippen LogP contribution in [0.1, 0.15) is 36.9 Å². The van der Waals surface area contributed by atoms with Crippen LogP contribution >= 0.6 is 0 Å². The van der Waals surface area contributed by atoms with Crippen molar-refractivity contribution < 1.29 is 0 Å². The fourth-order valence-electron chi connectivity index (χ4n) is 2.38. The number of benzene rings is 1. The number of nitrogens with two attached hydrogens (primary N) is 1. The van der Waals surface area contributed by atoms with E-state index in [-0.39, 0.29) is 6.04 Å². The van der Waals surface area contributed by atoms with Gasteiger partial charge >= 0.3 is 0 Å². The third-order valence-corrected chi connectivity index (χ3v) is 3.70. The highest BCUT2D eigenvalue weighted by Gasteiger charge is 2.24. The molecule has 94 valence electrons. The van der Waals surface area contributed by atoms with Crippen molar-refractivity contribution >= 4 is 0 Å². The molecule has 0 radical (unpaired) electrons. The lowest BCUT2D eigenvalue weighted by atomic mass is 10.0. The van der Waals surface area contributed by atoms with Crippen LogP contribution in [0.15, 0.2) is 24.3 Å². The van der Waals surface area contributed by atoms with E-state index in [1.807, 2.05) is 0 Å². The Morgan fingerprint density at radius 1 is 1.35 bits per heavy atom. The average Bonchev–Trinajstić information content (AvgIpc) is 3.12. The minimum Gasteiger partial charge on any atom is -0.323 e. The van der Waals surface area contributed by atoms with Crippen molar-refractivity contribution in [1.82, 2.24) is 4.90 Å². The molecular weight excluding hydrogens is 208 g/mol. The lowest BCUT2D eigenvalue weighted by Crippen LogP contribution is -2.33. The largest absolute Gasteiger partial charge is 0.323 e. The first-order valence-electron chi connectivity index (χ1n) is 6.74. The van der Waals surface area contributed by atoms with Crippen molar-refractivity contribution in [3.8, 4) is 0 Å². The molecule has 1 aliphatic rings. The summed E-state index contributed by atoms with van der Waals surface area (Å²) in [6.45, 7) is 7.70. The second kappa shape index (κ2) is 5.65. The molecule has 17 heavy (non-hydrogen) atoms. The first-order valence-corrected chi connectivity index (χ1v) is 6.74. The molecule has 0 bridgehead atoms. The van der Waals surface area contributed by atoms with Crippen LogP contribution in [0.4, 0.5) is 0 Å². The Morgan fingerprint density at radius 2 is 2.06 bits per heavy atom. The van der Waals surface area contributed by atoms with E-state index < -0.39 is 0 Å². The number of likely N-dealkylation sites (N-methyl/N-ethyl adjacent to an activating group) is 1. The highest BCUT2D eigenvalue weighted by atomic mass is 15.1. The van der Waals surface area contributed by atoms with Gasteiger partial charge in [-0.15, -0.1) is 0 Å². The van der Waals surface area contributed by atoms with Crippen molar-refractivity contribution in [1.29, 1.82) is 0 Å². The van der Waals surface area contributed by atoms with Crippen molar-refractivity contribution in [2.24, 2.45) is 11.7 Å². The summed E-state index contributed by atoms with van der Waals surface area (Å²) in [6, 6.07) is 8.61. The molecule has 0 spiro atoms. The molecule has 0 saturated heterocycles. The molecule has 2 N–H and O–H groups in total. The van der Waals surface area contributed by atoms with E-state index in [2.05, 4.69) is 43.0 Å². The first kappa shape index (κ1) is 12.6. The monoisotopic (exact) mass is 232 g/mol. The Morgan fingerprint density at radius 3 is 2.65 bits per heavy atom. The molecule has 1 unspecified atom stereocenters. The minimum absolute atomic E-state index is 0.148. The second-order valence-corrected chi connectivity index (χ2v) is 5.26. The van der Waals surface area contributed by atoms with Gasteiger partial charge in [-0.05, 0) is 43.4 Å². The third-order valence-electron chi connectivity index (χ3n) is 3.70. The summed E-state index contributed by atoms with van der Waals surface area (Å²) >= 11 is 0. The highest BCUT2D eigenvalue weighted by molar-refractivity contribution is 5.28. The van der Waals surface area contributed by atoms with E-state index in [0.717, 1.165) is 19.0 Å². The Balaban J connectivity index is 1.94. The van der Waals surface area contributed by atoms with Crippen molar-refractivity contribution in [2.45, 2.75) is 32.7 Å².